The Morgan fingerprint density at radius 1 is 1.40 bits per heavy atom. The van der Waals surface area contributed by atoms with Crippen molar-refractivity contribution < 1.29 is 9.13 Å². The lowest BCUT2D eigenvalue weighted by molar-refractivity contribution is 0.387. The van der Waals surface area contributed by atoms with E-state index in [1.165, 1.54) is 13.2 Å². The van der Waals surface area contributed by atoms with Crippen LogP contribution in [0.3, 0.4) is 0 Å². The Labute approximate surface area is 118 Å². The zero-order chi connectivity index (χ0) is 14.5. The second kappa shape index (κ2) is 6.41. The van der Waals surface area contributed by atoms with E-state index in [1.54, 1.807) is 12.1 Å². The summed E-state index contributed by atoms with van der Waals surface area (Å²) >= 11 is 0. The normalized spacial score (nSPS) is 12.2. The van der Waals surface area contributed by atoms with Crippen LogP contribution in [0.25, 0.3) is 0 Å². The number of nitrogens with one attached hydrogen (secondary N) is 1. The quantitative estimate of drug-likeness (QED) is 0.876. The Kier molecular flexibility index (Phi) is 4.61. The van der Waals surface area contributed by atoms with Crippen molar-refractivity contribution in [2.75, 3.05) is 12.4 Å². The predicted molar refractivity (Wildman–Crippen MR) is 77.5 cm³/mol. The lowest BCUT2D eigenvalue weighted by Gasteiger charge is -2.09. The highest BCUT2D eigenvalue weighted by molar-refractivity contribution is 5.48. The van der Waals surface area contributed by atoms with E-state index in [2.05, 4.69) is 24.3 Å². The SMILES string of the molecule is CCC(C)n1ccc(CNc2ccc(F)c(OC)c2)n1. The average Bonchev–Trinajstić information content (AvgIpc) is 2.94. The minimum atomic E-state index is -0.362. The van der Waals surface area contributed by atoms with Crippen LogP contribution in [0.2, 0.25) is 0 Å². The number of rotatable bonds is 6. The van der Waals surface area contributed by atoms with Gasteiger partial charge in [0.2, 0.25) is 0 Å². The lowest BCUT2D eigenvalue weighted by Crippen LogP contribution is -2.06. The summed E-state index contributed by atoms with van der Waals surface area (Å²) < 4.78 is 20.2. The van der Waals surface area contributed by atoms with Crippen molar-refractivity contribution in [2.45, 2.75) is 32.9 Å². The Bertz CT molecular complexity index is 568. The minimum Gasteiger partial charge on any atom is -0.494 e. The summed E-state index contributed by atoms with van der Waals surface area (Å²) in [4.78, 5) is 0. The van der Waals surface area contributed by atoms with Crippen LogP contribution in [0.4, 0.5) is 10.1 Å². The van der Waals surface area contributed by atoms with Gasteiger partial charge in [-0.25, -0.2) is 4.39 Å². The van der Waals surface area contributed by atoms with Gasteiger partial charge >= 0.3 is 0 Å². The molecule has 0 saturated carbocycles. The third kappa shape index (κ3) is 3.29. The number of methoxy groups -OCH3 is 1. The first-order chi connectivity index (χ1) is 9.63. The first-order valence-electron chi connectivity index (χ1n) is 6.75. The second-order valence-electron chi connectivity index (χ2n) is 4.75. The molecule has 0 aliphatic carbocycles. The molecule has 108 valence electrons. The fourth-order valence-electron chi connectivity index (χ4n) is 1.87. The van der Waals surface area contributed by atoms with E-state index in [0.29, 0.717) is 12.6 Å². The maximum atomic E-state index is 13.3. The molecular weight excluding hydrogens is 257 g/mol. The fourth-order valence-corrected chi connectivity index (χ4v) is 1.87. The standard InChI is InChI=1S/C15H20FN3O/c1-4-11(2)19-8-7-13(18-19)10-17-12-5-6-14(16)15(9-12)20-3/h5-9,11,17H,4,10H2,1-3H3. The van der Waals surface area contributed by atoms with Crippen LogP contribution in [0.15, 0.2) is 30.5 Å². The van der Waals surface area contributed by atoms with E-state index < -0.39 is 0 Å². The number of anilines is 1. The third-order valence-electron chi connectivity index (χ3n) is 3.33. The van der Waals surface area contributed by atoms with Gasteiger partial charge in [-0.1, -0.05) is 6.92 Å². The zero-order valence-electron chi connectivity index (χ0n) is 12.1. The van der Waals surface area contributed by atoms with Gasteiger partial charge in [-0.15, -0.1) is 0 Å². The average molecular weight is 277 g/mol. The van der Waals surface area contributed by atoms with Gasteiger partial charge in [-0.2, -0.15) is 5.10 Å². The Morgan fingerprint density at radius 2 is 2.20 bits per heavy atom. The Morgan fingerprint density at radius 3 is 2.90 bits per heavy atom. The lowest BCUT2D eigenvalue weighted by atomic mass is 10.3. The molecule has 0 aliphatic heterocycles. The molecule has 0 spiro atoms. The molecule has 1 aromatic heterocycles. The summed E-state index contributed by atoms with van der Waals surface area (Å²) in [6.07, 6.45) is 3.03. The molecule has 1 unspecified atom stereocenters. The van der Waals surface area contributed by atoms with Gasteiger partial charge < -0.3 is 10.1 Å². The zero-order valence-corrected chi connectivity index (χ0v) is 12.1. The molecule has 2 rings (SSSR count). The molecule has 1 N–H and O–H groups in total. The topological polar surface area (TPSA) is 39.1 Å². The molecule has 0 fully saturated rings. The largest absolute Gasteiger partial charge is 0.494 e. The summed E-state index contributed by atoms with van der Waals surface area (Å²) in [5, 5.41) is 7.72. The van der Waals surface area contributed by atoms with Crippen molar-refractivity contribution >= 4 is 5.69 Å². The number of halogens is 1. The summed E-state index contributed by atoms with van der Waals surface area (Å²) in [6, 6.07) is 7.10. The number of benzene rings is 1. The van der Waals surface area contributed by atoms with Crippen molar-refractivity contribution in [3.05, 3.63) is 42.0 Å². The van der Waals surface area contributed by atoms with Crippen LogP contribution in [0, 0.1) is 5.82 Å². The van der Waals surface area contributed by atoms with E-state index in [0.717, 1.165) is 17.8 Å². The molecule has 0 saturated heterocycles. The minimum absolute atomic E-state index is 0.236. The first kappa shape index (κ1) is 14.4. The molecule has 20 heavy (non-hydrogen) atoms. The molecule has 1 atom stereocenters. The molecule has 1 heterocycles. The van der Waals surface area contributed by atoms with Gasteiger partial charge in [0.25, 0.3) is 0 Å². The summed E-state index contributed by atoms with van der Waals surface area (Å²) in [5.41, 5.74) is 1.76. The van der Waals surface area contributed by atoms with Gasteiger partial charge in [0.05, 0.1) is 19.3 Å². The second-order valence-corrected chi connectivity index (χ2v) is 4.75. The van der Waals surface area contributed by atoms with Gasteiger partial charge in [-0.3, -0.25) is 4.68 Å². The van der Waals surface area contributed by atoms with E-state index in [-0.39, 0.29) is 11.6 Å². The van der Waals surface area contributed by atoms with Crippen LogP contribution in [0.5, 0.6) is 5.75 Å². The Balaban J connectivity index is 2.00. The summed E-state index contributed by atoms with van der Waals surface area (Å²) in [6.45, 7) is 4.86. The van der Waals surface area contributed by atoms with E-state index in [1.807, 2.05) is 16.9 Å². The van der Waals surface area contributed by atoms with Crippen LogP contribution in [0.1, 0.15) is 32.0 Å². The first-order valence-corrected chi connectivity index (χ1v) is 6.75. The molecule has 0 radical (unpaired) electrons. The summed E-state index contributed by atoms with van der Waals surface area (Å²) in [7, 11) is 1.45. The Hall–Kier alpha value is -2.04. The van der Waals surface area contributed by atoms with Gasteiger partial charge in [-0.05, 0) is 31.5 Å². The maximum absolute atomic E-state index is 13.3. The molecular formula is C15H20FN3O. The van der Waals surface area contributed by atoms with E-state index in [9.17, 15) is 4.39 Å². The number of nitrogens with zero attached hydrogens (tertiary/aromatic N) is 2. The molecule has 0 bridgehead atoms. The van der Waals surface area contributed by atoms with Crippen molar-refractivity contribution in [1.29, 1.82) is 0 Å². The highest BCUT2D eigenvalue weighted by Crippen LogP contribution is 2.21. The van der Waals surface area contributed by atoms with Gasteiger partial charge in [0.1, 0.15) is 0 Å². The molecule has 0 amide bonds. The third-order valence-corrected chi connectivity index (χ3v) is 3.33. The fraction of sp³-hybridized carbons (Fsp3) is 0.400. The maximum Gasteiger partial charge on any atom is 0.165 e. The molecule has 1 aromatic carbocycles. The molecule has 5 heteroatoms. The number of hydrogen-bond acceptors (Lipinski definition) is 3. The van der Waals surface area contributed by atoms with Crippen molar-refractivity contribution in [1.82, 2.24) is 9.78 Å². The molecule has 4 nitrogen and oxygen atoms in total. The van der Waals surface area contributed by atoms with Crippen LogP contribution in [-0.2, 0) is 6.54 Å². The monoisotopic (exact) mass is 277 g/mol. The van der Waals surface area contributed by atoms with Gasteiger partial charge in [0, 0.05) is 24.0 Å². The molecule has 0 aliphatic rings. The van der Waals surface area contributed by atoms with E-state index >= 15 is 0 Å². The highest BCUT2D eigenvalue weighted by atomic mass is 19.1. The number of aromatic nitrogens is 2. The van der Waals surface area contributed by atoms with Gasteiger partial charge in [0.15, 0.2) is 11.6 Å². The van der Waals surface area contributed by atoms with Crippen LogP contribution < -0.4 is 10.1 Å². The smallest absolute Gasteiger partial charge is 0.165 e. The predicted octanol–water partition coefficient (Wildman–Crippen LogP) is 3.61. The number of hydrogen-bond donors (Lipinski definition) is 1. The van der Waals surface area contributed by atoms with E-state index in [4.69, 9.17) is 4.74 Å². The van der Waals surface area contributed by atoms with Crippen molar-refractivity contribution in [2.24, 2.45) is 0 Å². The van der Waals surface area contributed by atoms with Crippen molar-refractivity contribution in [3.8, 4) is 5.75 Å². The number of ether oxygens (including phenoxy) is 1. The van der Waals surface area contributed by atoms with Crippen molar-refractivity contribution in [3.63, 3.8) is 0 Å². The van der Waals surface area contributed by atoms with Crippen LogP contribution in [-0.4, -0.2) is 16.9 Å². The van der Waals surface area contributed by atoms with Crippen LogP contribution >= 0.6 is 0 Å². The highest BCUT2D eigenvalue weighted by Gasteiger charge is 2.06. The summed E-state index contributed by atoms with van der Waals surface area (Å²) in [5.74, 6) is -0.126. The molecule has 2 aromatic rings.